The molecular formula is C19H16N2O3S. The van der Waals surface area contributed by atoms with E-state index in [2.05, 4.69) is 4.98 Å². The second-order valence-electron chi connectivity index (χ2n) is 5.74. The normalized spacial score (nSPS) is 12.8. The van der Waals surface area contributed by atoms with Crippen LogP contribution in [0.4, 0.5) is 0 Å². The molecule has 0 radical (unpaired) electrons. The van der Waals surface area contributed by atoms with Crippen LogP contribution in [0.3, 0.4) is 0 Å². The number of amides is 1. The molecule has 0 unspecified atom stereocenters. The lowest BCUT2D eigenvalue weighted by Gasteiger charge is -2.15. The van der Waals surface area contributed by atoms with E-state index < -0.39 is 0 Å². The number of rotatable bonds is 4. The van der Waals surface area contributed by atoms with Gasteiger partial charge in [0, 0.05) is 19.7 Å². The minimum absolute atomic E-state index is 0.0723. The van der Waals surface area contributed by atoms with E-state index in [4.69, 9.17) is 9.47 Å². The lowest BCUT2D eigenvalue weighted by atomic mass is 10.2. The SMILES string of the molecule is CN(Cc1ccc2c(c1)OCO2)C(=O)C=Cc1nc2ccccc2s1. The highest BCUT2D eigenvalue weighted by molar-refractivity contribution is 7.19. The Kier molecular flexibility index (Phi) is 4.11. The molecule has 1 aliphatic heterocycles. The first kappa shape index (κ1) is 15.7. The Morgan fingerprint density at radius 2 is 2.08 bits per heavy atom. The lowest BCUT2D eigenvalue weighted by Crippen LogP contribution is -2.24. The van der Waals surface area contributed by atoms with E-state index >= 15 is 0 Å². The van der Waals surface area contributed by atoms with Crippen LogP contribution in [0.1, 0.15) is 10.6 Å². The van der Waals surface area contributed by atoms with Gasteiger partial charge >= 0.3 is 0 Å². The minimum Gasteiger partial charge on any atom is -0.454 e. The Morgan fingerprint density at radius 3 is 2.96 bits per heavy atom. The minimum atomic E-state index is -0.0723. The predicted molar refractivity (Wildman–Crippen MR) is 97.7 cm³/mol. The number of ether oxygens (including phenoxy) is 2. The molecule has 25 heavy (non-hydrogen) atoms. The summed E-state index contributed by atoms with van der Waals surface area (Å²) in [5.74, 6) is 1.40. The summed E-state index contributed by atoms with van der Waals surface area (Å²) in [5, 5.41) is 0.825. The standard InChI is InChI=1S/C19H16N2O3S/c1-21(11-13-6-7-15-16(10-13)24-12-23-15)19(22)9-8-18-20-14-4-2-3-5-17(14)25-18/h2-10H,11-12H2,1H3. The summed E-state index contributed by atoms with van der Waals surface area (Å²) in [6.07, 6.45) is 3.33. The van der Waals surface area contributed by atoms with Gasteiger partial charge in [-0.1, -0.05) is 18.2 Å². The number of aromatic nitrogens is 1. The summed E-state index contributed by atoms with van der Waals surface area (Å²) in [6.45, 7) is 0.748. The van der Waals surface area contributed by atoms with Gasteiger partial charge in [-0.25, -0.2) is 4.98 Å². The average molecular weight is 352 g/mol. The van der Waals surface area contributed by atoms with Crippen LogP contribution in [0.5, 0.6) is 11.5 Å². The van der Waals surface area contributed by atoms with Crippen LogP contribution in [-0.4, -0.2) is 29.6 Å². The molecule has 2 aromatic carbocycles. The highest BCUT2D eigenvalue weighted by Crippen LogP contribution is 2.32. The van der Waals surface area contributed by atoms with Gasteiger partial charge in [-0.2, -0.15) is 0 Å². The van der Waals surface area contributed by atoms with Crippen molar-refractivity contribution in [3.8, 4) is 11.5 Å². The van der Waals surface area contributed by atoms with E-state index in [9.17, 15) is 4.79 Å². The number of hydrogen-bond donors (Lipinski definition) is 0. The third-order valence-electron chi connectivity index (χ3n) is 3.91. The third kappa shape index (κ3) is 3.34. The summed E-state index contributed by atoms with van der Waals surface area (Å²) < 4.78 is 11.8. The van der Waals surface area contributed by atoms with Crippen molar-refractivity contribution >= 4 is 33.5 Å². The molecular weight excluding hydrogens is 336 g/mol. The molecule has 0 fully saturated rings. The van der Waals surface area contributed by atoms with Crippen LogP contribution in [0, 0.1) is 0 Å². The number of hydrogen-bond acceptors (Lipinski definition) is 5. The quantitative estimate of drug-likeness (QED) is 0.672. The molecule has 2 heterocycles. The molecule has 0 saturated carbocycles. The second-order valence-corrected chi connectivity index (χ2v) is 6.80. The first-order chi connectivity index (χ1) is 12.2. The van der Waals surface area contributed by atoms with Crippen molar-refractivity contribution in [2.75, 3.05) is 13.8 Å². The fourth-order valence-corrected chi connectivity index (χ4v) is 3.49. The predicted octanol–water partition coefficient (Wildman–Crippen LogP) is 3.70. The first-order valence-electron chi connectivity index (χ1n) is 7.86. The van der Waals surface area contributed by atoms with Gasteiger partial charge < -0.3 is 14.4 Å². The Bertz CT molecular complexity index is 931. The van der Waals surface area contributed by atoms with E-state index in [1.807, 2.05) is 42.5 Å². The molecule has 0 spiro atoms. The highest BCUT2D eigenvalue weighted by atomic mass is 32.1. The summed E-state index contributed by atoms with van der Waals surface area (Å²) in [4.78, 5) is 18.5. The zero-order chi connectivity index (χ0) is 17.2. The molecule has 0 saturated heterocycles. The van der Waals surface area contributed by atoms with Gasteiger partial charge in [0.1, 0.15) is 5.01 Å². The van der Waals surface area contributed by atoms with Crippen molar-refractivity contribution in [2.45, 2.75) is 6.54 Å². The Labute approximate surface area is 149 Å². The van der Waals surface area contributed by atoms with Crippen molar-refractivity contribution in [3.63, 3.8) is 0 Å². The van der Waals surface area contributed by atoms with Gasteiger partial charge in [-0.05, 0) is 35.9 Å². The van der Waals surface area contributed by atoms with Gasteiger partial charge in [0.25, 0.3) is 0 Å². The molecule has 0 aliphatic carbocycles. The average Bonchev–Trinajstić information content (AvgIpc) is 3.25. The summed E-state index contributed by atoms with van der Waals surface area (Å²) in [7, 11) is 1.77. The number of carbonyl (C=O) groups excluding carboxylic acids is 1. The number of nitrogens with zero attached hydrogens (tertiary/aromatic N) is 2. The van der Waals surface area contributed by atoms with Crippen molar-refractivity contribution in [3.05, 3.63) is 59.1 Å². The van der Waals surface area contributed by atoms with Crippen LogP contribution in [-0.2, 0) is 11.3 Å². The molecule has 0 bridgehead atoms. The molecule has 126 valence electrons. The molecule has 1 amide bonds. The molecule has 3 aromatic rings. The maximum Gasteiger partial charge on any atom is 0.246 e. The van der Waals surface area contributed by atoms with Crippen LogP contribution >= 0.6 is 11.3 Å². The summed E-state index contributed by atoms with van der Waals surface area (Å²) in [6, 6.07) is 13.7. The third-order valence-corrected chi connectivity index (χ3v) is 4.91. The van der Waals surface area contributed by atoms with E-state index in [0.717, 1.165) is 32.3 Å². The number of thiazole rings is 1. The van der Waals surface area contributed by atoms with Crippen LogP contribution in [0.15, 0.2) is 48.5 Å². The van der Waals surface area contributed by atoms with Crippen LogP contribution in [0.2, 0.25) is 0 Å². The number of para-hydroxylation sites is 1. The molecule has 6 heteroatoms. The maximum atomic E-state index is 12.3. The number of benzene rings is 2. The van der Waals surface area contributed by atoms with E-state index in [0.29, 0.717) is 6.54 Å². The largest absolute Gasteiger partial charge is 0.454 e. The Hall–Kier alpha value is -2.86. The van der Waals surface area contributed by atoms with Gasteiger partial charge in [0.15, 0.2) is 11.5 Å². The van der Waals surface area contributed by atoms with Crippen LogP contribution < -0.4 is 9.47 Å². The Balaban J connectivity index is 1.43. The fraction of sp³-hybridized carbons (Fsp3) is 0.158. The van der Waals surface area contributed by atoms with Crippen LogP contribution in [0.25, 0.3) is 16.3 Å². The molecule has 1 aromatic heterocycles. The molecule has 1 aliphatic rings. The second kappa shape index (κ2) is 6.57. The molecule has 4 rings (SSSR count). The smallest absolute Gasteiger partial charge is 0.246 e. The number of fused-ring (bicyclic) bond motifs is 2. The van der Waals surface area contributed by atoms with E-state index in [1.165, 1.54) is 0 Å². The Morgan fingerprint density at radius 1 is 1.24 bits per heavy atom. The van der Waals surface area contributed by atoms with Crippen molar-refractivity contribution in [2.24, 2.45) is 0 Å². The molecule has 0 atom stereocenters. The number of likely N-dealkylation sites (N-methyl/N-ethyl adjacent to an activating group) is 1. The van der Waals surface area contributed by atoms with Crippen molar-refractivity contribution in [1.82, 2.24) is 9.88 Å². The summed E-state index contributed by atoms with van der Waals surface area (Å²) >= 11 is 1.57. The monoisotopic (exact) mass is 352 g/mol. The molecule has 0 N–H and O–H groups in total. The summed E-state index contributed by atoms with van der Waals surface area (Å²) in [5.41, 5.74) is 1.95. The zero-order valence-electron chi connectivity index (χ0n) is 13.6. The van der Waals surface area contributed by atoms with Gasteiger partial charge in [-0.3, -0.25) is 4.79 Å². The zero-order valence-corrected chi connectivity index (χ0v) is 14.5. The van der Waals surface area contributed by atoms with Crippen molar-refractivity contribution in [1.29, 1.82) is 0 Å². The van der Waals surface area contributed by atoms with Gasteiger partial charge in [-0.15, -0.1) is 11.3 Å². The molecule has 5 nitrogen and oxygen atoms in total. The lowest BCUT2D eigenvalue weighted by molar-refractivity contribution is -0.125. The first-order valence-corrected chi connectivity index (χ1v) is 8.68. The highest BCUT2D eigenvalue weighted by Gasteiger charge is 2.14. The van der Waals surface area contributed by atoms with Gasteiger partial charge in [0.05, 0.1) is 10.2 Å². The van der Waals surface area contributed by atoms with Gasteiger partial charge in [0.2, 0.25) is 12.7 Å². The number of carbonyl (C=O) groups is 1. The van der Waals surface area contributed by atoms with E-state index in [-0.39, 0.29) is 12.7 Å². The fourth-order valence-electron chi connectivity index (χ4n) is 2.62. The van der Waals surface area contributed by atoms with Crippen molar-refractivity contribution < 1.29 is 14.3 Å². The topological polar surface area (TPSA) is 51.7 Å². The maximum absolute atomic E-state index is 12.3. The van der Waals surface area contributed by atoms with E-state index in [1.54, 1.807) is 35.4 Å².